The third-order valence-corrected chi connectivity index (χ3v) is 5.89. The van der Waals surface area contributed by atoms with E-state index in [1.54, 1.807) is 21.3 Å². The minimum atomic E-state index is -0.666. The van der Waals surface area contributed by atoms with Crippen molar-refractivity contribution in [3.8, 4) is 17.2 Å². The standard InChI is InChI=1S/C22H28N5O4/c1-12(2)11-25-20(28)18-19(24(5)22(25)29)23-21-26(13(3)14(4)27(18)21)16-9-8-15(30-6)10-17(16)31-7/h8-10,12,18H,11H2,1-7H3/q+1. The van der Waals surface area contributed by atoms with Gasteiger partial charge in [0, 0.05) is 19.7 Å². The zero-order valence-electron chi connectivity index (χ0n) is 19.0. The first kappa shape index (κ1) is 20.9. The highest BCUT2D eigenvalue weighted by Crippen LogP contribution is 2.37. The van der Waals surface area contributed by atoms with Crippen molar-refractivity contribution < 1.29 is 23.6 Å². The fourth-order valence-corrected chi connectivity index (χ4v) is 4.23. The van der Waals surface area contributed by atoms with Gasteiger partial charge in [0.15, 0.2) is 5.75 Å². The van der Waals surface area contributed by atoms with Gasteiger partial charge >= 0.3 is 12.0 Å². The first-order chi connectivity index (χ1) is 14.7. The number of likely N-dealkylation sites (N-methyl/N-ethyl adjacent to an activating group) is 1. The zero-order valence-corrected chi connectivity index (χ0v) is 19.0. The number of amides is 3. The molecule has 9 heteroatoms. The molecule has 1 atom stereocenters. The van der Waals surface area contributed by atoms with E-state index < -0.39 is 6.04 Å². The van der Waals surface area contributed by atoms with Crippen molar-refractivity contribution in [2.45, 2.75) is 33.7 Å². The van der Waals surface area contributed by atoms with Crippen LogP contribution in [-0.4, -0.2) is 60.0 Å². The molecule has 3 heterocycles. The lowest BCUT2D eigenvalue weighted by atomic mass is 10.1. The Balaban J connectivity index is 1.90. The van der Waals surface area contributed by atoms with Crippen molar-refractivity contribution in [2.24, 2.45) is 10.9 Å². The molecule has 0 spiro atoms. The van der Waals surface area contributed by atoms with Crippen LogP contribution in [0.1, 0.15) is 31.3 Å². The third kappa shape index (κ3) is 2.98. The van der Waals surface area contributed by atoms with Crippen molar-refractivity contribution >= 4 is 23.7 Å². The summed E-state index contributed by atoms with van der Waals surface area (Å²) >= 11 is 0. The monoisotopic (exact) mass is 426 g/mol. The van der Waals surface area contributed by atoms with E-state index in [1.807, 2.05) is 55.0 Å². The maximum absolute atomic E-state index is 13.4. The van der Waals surface area contributed by atoms with Gasteiger partial charge in [-0.15, -0.1) is 0 Å². The van der Waals surface area contributed by atoms with Crippen LogP contribution in [0.4, 0.5) is 10.7 Å². The van der Waals surface area contributed by atoms with Crippen LogP contribution in [0.3, 0.4) is 0 Å². The molecule has 2 aromatic rings. The maximum atomic E-state index is 13.4. The molecule has 9 nitrogen and oxygen atoms in total. The molecule has 31 heavy (non-hydrogen) atoms. The Kier molecular flexibility index (Phi) is 4.99. The average molecular weight is 426 g/mol. The van der Waals surface area contributed by atoms with Gasteiger partial charge in [0.2, 0.25) is 11.9 Å². The second kappa shape index (κ2) is 7.40. The van der Waals surface area contributed by atoms with Crippen LogP contribution in [0.5, 0.6) is 11.5 Å². The minimum Gasteiger partial charge on any atom is -0.497 e. The lowest BCUT2D eigenvalue weighted by Gasteiger charge is -2.34. The summed E-state index contributed by atoms with van der Waals surface area (Å²) in [5.41, 5.74) is 2.61. The van der Waals surface area contributed by atoms with Gasteiger partial charge in [-0.2, -0.15) is 4.57 Å². The van der Waals surface area contributed by atoms with Gasteiger partial charge in [-0.1, -0.05) is 18.8 Å². The molecule has 2 aliphatic heterocycles. The van der Waals surface area contributed by atoms with Gasteiger partial charge in [0.05, 0.1) is 14.2 Å². The van der Waals surface area contributed by atoms with Crippen LogP contribution in [0, 0.1) is 19.8 Å². The molecule has 164 valence electrons. The fraction of sp³-hybridized carbons (Fsp3) is 0.455. The Bertz CT molecular complexity index is 1120. The van der Waals surface area contributed by atoms with E-state index in [4.69, 9.17) is 14.5 Å². The summed E-state index contributed by atoms with van der Waals surface area (Å²) in [6, 6.07) is 4.54. The Labute approximate surface area is 181 Å². The molecule has 0 N–H and O–H groups in total. The summed E-state index contributed by atoms with van der Waals surface area (Å²) in [6.07, 6.45) is 0. The van der Waals surface area contributed by atoms with E-state index >= 15 is 0 Å². The van der Waals surface area contributed by atoms with E-state index in [1.165, 1.54) is 9.80 Å². The van der Waals surface area contributed by atoms with Crippen molar-refractivity contribution in [3.05, 3.63) is 29.6 Å². The number of carbonyl (C=O) groups is 2. The number of hydrogen-bond donors (Lipinski definition) is 0. The Morgan fingerprint density at radius 3 is 2.48 bits per heavy atom. The topological polar surface area (TPSA) is 80.2 Å². The lowest BCUT2D eigenvalue weighted by Crippen LogP contribution is -2.63. The van der Waals surface area contributed by atoms with Crippen molar-refractivity contribution in [1.29, 1.82) is 0 Å². The number of carbonyl (C=O) groups excluding carboxylic acids is 2. The van der Waals surface area contributed by atoms with E-state index in [2.05, 4.69) is 0 Å². The van der Waals surface area contributed by atoms with E-state index in [-0.39, 0.29) is 17.9 Å². The van der Waals surface area contributed by atoms with E-state index in [0.29, 0.717) is 29.8 Å². The van der Waals surface area contributed by atoms with Crippen LogP contribution in [0.2, 0.25) is 0 Å². The van der Waals surface area contributed by atoms with Crippen molar-refractivity contribution in [2.75, 3.05) is 27.8 Å². The Morgan fingerprint density at radius 2 is 1.87 bits per heavy atom. The number of urea groups is 1. The first-order valence-corrected chi connectivity index (χ1v) is 10.2. The number of hydrogen-bond acceptors (Lipinski definition) is 5. The molecular weight excluding hydrogens is 398 g/mol. The van der Waals surface area contributed by atoms with E-state index in [9.17, 15) is 9.59 Å². The molecule has 1 saturated heterocycles. The number of fused-ring (bicyclic) bond motifs is 3. The predicted molar refractivity (Wildman–Crippen MR) is 114 cm³/mol. The molecule has 1 aromatic heterocycles. The molecule has 1 aromatic carbocycles. The summed E-state index contributed by atoms with van der Waals surface area (Å²) in [4.78, 5) is 33.8. The molecule has 0 bridgehead atoms. The highest BCUT2D eigenvalue weighted by atomic mass is 16.5. The smallest absolute Gasteiger partial charge is 0.407 e. The number of imidazole rings is 1. The molecule has 4 rings (SSSR count). The molecular formula is C22H28N5O4+. The van der Waals surface area contributed by atoms with Crippen molar-refractivity contribution in [3.63, 3.8) is 0 Å². The number of methoxy groups -OCH3 is 2. The summed E-state index contributed by atoms with van der Waals surface area (Å²) in [6.45, 7) is 8.28. The van der Waals surface area contributed by atoms with Gasteiger partial charge in [-0.05, 0) is 31.9 Å². The van der Waals surface area contributed by atoms with Crippen LogP contribution in [0.25, 0.3) is 5.69 Å². The van der Waals surface area contributed by atoms with Gasteiger partial charge in [-0.3, -0.25) is 14.6 Å². The van der Waals surface area contributed by atoms with Gasteiger partial charge in [-0.25, -0.2) is 9.36 Å². The number of nitrogens with zero attached hydrogens (tertiary/aromatic N) is 5. The number of aliphatic imine (C=N–C) groups is 1. The highest BCUT2D eigenvalue weighted by molar-refractivity contribution is 6.19. The quantitative estimate of drug-likeness (QED) is 0.688. The summed E-state index contributed by atoms with van der Waals surface area (Å²) in [5, 5.41) is 0. The highest BCUT2D eigenvalue weighted by Gasteiger charge is 2.54. The predicted octanol–water partition coefficient (Wildman–Crippen LogP) is 2.53. The average Bonchev–Trinajstić information content (AvgIpc) is 3.24. The second-order valence-electron chi connectivity index (χ2n) is 8.27. The molecule has 0 radical (unpaired) electrons. The molecule has 1 fully saturated rings. The zero-order chi connectivity index (χ0) is 22.6. The SMILES string of the molecule is COc1ccc(-n2c(C)c(C)[n+]3c2N=C2C3C(=O)N(CC(C)C)C(=O)N2C)c(OC)c1. The molecule has 0 aliphatic carbocycles. The number of imide groups is 1. The van der Waals surface area contributed by atoms with Crippen LogP contribution in [-0.2, 0) is 4.79 Å². The summed E-state index contributed by atoms with van der Waals surface area (Å²) in [7, 11) is 4.87. The van der Waals surface area contributed by atoms with Gasteiger partial charge in [0.1, 0.15) is 22.8 Å². The lowest BCUT2D eigenvalue weighted by molar-refractivity contribution is -0.682. The third-order valence-electron chi connectivity index (χ3n) is 5.89. The number of ether oxygens (including phenoxy) is 2. The number of rotatable bonds is 5. The largest absolute Gasteiger partial charge is 0.497 e. The van der Waals surface area contributed by atoms with Gasteiger partial charge < -0.3 is 9.47 Å². The Hall–Kier alpha value is -3.36. The molecule has 3 amide bonds. The van der Waals surface area contributed by atoms with Gasteiger partial charge in [0.25, 0.3) is 5.91 Å². The number of amidine groups is 1. The minimum absolute atomic E-state index is 0.168. The Morgan fingerprint density at radius 1 is 1.16 bits per heavy atom. The second-order valence-corrected chi connectivity index (χ2v) is 8.27. The normalized spacial score (nSPS) is 17.8. The molecule has 0 saturated carbocycles. The van der Waals surface area contributed by atoms with Crippen LogP contribution < -0.4 is 14.0 Å². The van der Waals surface area contributed by atoms with Crippen LogP contribution >= 0.6 is 0 Å². The first-order valence-electron chi connectivity index (χ1n) is 10.2. The molecule has 2 aliphatic rings. The summed E-state index contributed by atoms with van der Waals surface area (Å²) < 4.78 is 14.8. The van der Waals surface area contributed by atoms with E-state index in [0.717, 1.165) is 17.1 Å². The number of benzene rings is 1. The summed E-state index contributed by atoms with van der Waals surface area (Å²) in [5.74, 6) is 2.24. The van der Waals surface area contributed by atoms with Crippen LogP contribution in [0.15, 0.2) is 23.2 Å². The number of aromatic nitrogens is 2. The fourth-order valence-electron chi connectivity index (χ4n) is 4.23. The van der Waals surface area contributed by atoms with Crippen molar-refractivity contribution in [1.82, 2.24) is 14.4 Å². The molecule has 1 unspecified atom stereocenters. The maximum Gasteiger partial charge on any atom is 0.407 e.